The van der Waals surface area contributed by atoms with Crippen molar-refractivity contribution in [2.45, 2.75) is 55.9 Å². The van der Waals surface area contributed by atoms with Gasteiger partial charge in [0.1, 0.15) is 12.1 Å². The highest BCUT2D eigenvalue weighted by molar-refractivity contribution is 8.00. The van der Waals surface area contributed by atoms with Crippen LogP contribution in [0, 0.1) is 5.92 Å². The Hall–Kier alpha value is -0.710. The van der Waals surface area contributed by atoms with Crippen LogP contribution in [-0.2, 0) is 9.59 Å². The molecule has 0 aromatic heterocycles. The van der Waals surface area contributed by atoms with Gasteiger partial charge in [-0.1, -0.05) is 6.42 Å². The van der Waals surface area contributed by atoms with Gasteiger partial charge in [0.25, 0.3) is 0 Å². The lowest BCUT2D eigenvalue weighted by Crippen LogP contribution is -2.65. The third-order valence-corrected chi connectivity index (χ3v) is 6.35. The van der Waals surface area contributed by atoms with Crippen molar-refractivity contribution in [1.29, 1.82) is 0 Å². The molecule has 0 bridgehead atoms. The summed E-state index contributed by atoms with van der Waals surface area (Å²) in [5.41, 5.74) is 0. The van der Waals surface area contributed by atoms with E-state index in [1.165, 1.54) is 19.3 Å². The van der Waals surface area contributed by atoms with Crippen molar-refractivity contribution in [3.8, 4) is 0 Å². The Labute approximate surface area is 118 Å². The van der Waals surface area contributed by atoms with Crippen molar-refractivity contribution in [2.75, 3.05) is 12.8 Å². The minimum atomic E-state index is -0.313. The maximum Gasteiger partial charge on any atom is 0.246 e. The molecule has 0 aromatic rings. The molecule has 2 atom stereocenters. The molecular weight excluding hydrogens is 260 g/mol. The average Bonchev–Trinajstić information content (AvgIpc) is 3.16. The van der Waals surface area contributed by atoms with E-state index in [2.05, 4.69) is 11.6 Å². The topological polar surface area (TPSA) is 49.4 Å². The zero-order valence-corrected chi connectivity index (χ0v) is 12.5. The molecule has 3 fully saturated rings. The lowest BCUT2D eigenvalue weighted by atomic mass is 9.83. The fraction of sp³-hybridized carbons (Fsp3) is 0.857. The molecule has 3 aliphatic rings. The summed E-state index contributed by atoms with van der Waals surface area (Å²) in [4.78, 5) is 26.5. The Kier molecular flexibility index (Phi) is 3.28. The van der Waals surface area contributed by atoms with E-state index < -0.39 is 0 Å². The number of piperazine rings is 1. The van der Waals surface area contributed by atoms with Crippen LogP contribution in [0.4, 0.5) is 0 Å². The minimum absolute atomic E-state index is 0.0204. The van der Waals surface area contributed by atoms with Crippen LogP contribution >= 0.6 is 11.8 Å². The summed E-state index contributed by atoms with van der Waals surface area (Å²) >= 11 is 1.86. The van der Waals surface area contributed by atoms with Gasteiger partial charge in [-0.2, -0.15) is 11.8 Å². The molecule has 4 nitrogen and oxygen atoms in total. The third kappa shape index (κ3) is 2.26. The minimum Gasteiger partial charge on any atom is -0.342 e. The molecule has 1 saturated heterocycles. The van der Waals surface area contributed by atoms with E-state index in [0.717, 1.165) is 19.4 Å². The Balaban J connectivity index is 1.76. The molecule has 1 N–H and O–H groups in total. The largest absolute Gasteiger partial charge is 0.342 e. The third-order valence-electron chi connectivity index (χ3n) is 4.94. The number of nitrogens with zero attached hydrogens (tertiary/aromatic N) is 1. The molecule has 2 amide bonds. The first-order chi connectivity index (χ1) is 9.06. The summed E-state index contributed by atoms with van der Waals surface area (Å²) in [6.07, 6.45) is 7.85. The number of carbonyl (C=O) groups excluding carboxylic acids is 2. The molecule has 106 valence electrons. The monoisotopic (exact) mass is 282 g/mol. The molecule has 2 saturated carbocycles. The molecule has 0 spiro atoms. The van der Waals surface area contributed by atoms with Crippen LogP contribution in [0.1, 0.15) is 39.0 Å². The van der Waals surface area contributed by atoms with Crippen LogP contribution in [0.3, 0.4) is 0 Å². The SMILES string of the molecule is CSC1(CN2C(=O)C(C3CC3)NC(=O)C2C)CCC1. The summed E-state index contributed by atoms with van der Waals surface area (Å²) in [7, 11) is 0. The second-order valence-corrected chi connectivity index (χ2v) is 7.48. The Bertz CT molecular complexity index is 399. The number of rotatable bonds is 4. The maximum absolute atomic E-state index is 12.6. The maximum atomic E-state index is 12.6. The molecule has 19 heavy (non-hydrogen) atoms. The smallest absolute Gasteiger partial charge is 0.246 e. The molecular formula is C14H22N2O2S. The van der Waals surface area contributed by atoms with Gasteiger partial charge in [0, 0.05) is 11.3 Å². The quantitative estimate of drug-likeness (QED) is 0.848. The van der Waals surface area contributed by atoms with Gasteiger partial charge in [-0.15, -0.1) is 0 Å². The van der Waals surface area contributed by atoms with Gasteiger partial charge in [0.15, 0.2) is 0 Å². The number of carbonyl (C=O) groups is 2. The van der Waals surface area contributed by atoms with E-state index in [1.54, 1.807) is 0 Å². The van der Waals surface area contributed by atoms with Crippen molar-refractivity contribution in [2.24, 2.45) is 5.92 Å². The molecule has 0 radical (unpaired) electrons. The summed E-state index contributed by atoms with van der Waals surface area (Å²) < 4.78 is 0.204. The number of thioether (sulfide) groups is 1. The first-order valence-electron chi connectivity index (χ1n) is 7.22. The molecule has 1 aliphatic heterocycles. The highest BCUT2D eigenvalue weighted by Crippen LogP contribution is 2.44. The Morgan fingerprint density at radius 1 is 1.37 bits per heavy atom. The second-order valence-electron chi connectivity index (χ2n) is 6.21. The van der Waals surface area contributed by atoms with Crippen LogP contribution in [-0.4, -0.2) is 46.3 Å². The first-order valence-corrected chi connectivity index (χ1v) is 8.45. The Morgan fingerprint density at radius 2 is 2.05 bits per heavy atom. The van der Waals surface area contributed by atoms with Crippen LogP contribution in [0.15, 0.2) is 0 Å². The van der Waals surface area contributed by atoms with E-state index in [1.807, 2.05) is 23.6 Å². The highest BCUT2D eigenvalue weighted by atomic mass is 32.2. The summed E-state index contributed by atoms with van der Waals surface area (Å²) in [5, 5.41) is 2.91. The fourth-order valence-corrected chi connectivity index (χ4v) is 4.08. The standard InChI is InChI=1S/C14H22N2O2S/c1-9-12(17)15-11(10-4-5-10)13(18)16(9)8-14(19-2)6-3-7-14/h9-11H,3-8H2,1-2H3,(H,15,17). The van der Waals surface area contributed by atoms with Gasteiger partial charge < -0.3 is 10.2 Å². The van der Waals surface area contributed by atoms with Gasteiger partial charge in [0.2, 0.25) is 11.8 Å². The van der Waals surface area contributed by atoms with Crippen LogP contribution in [0.2, 0.25) is 0 Å². The predicted octanol–water partition coefficient (Wildman–Crippen LogP) is 1.40. The molecule has 5 heteroatoms. The van der Waals surface area contributed by atoms with E-state index in [-0.39, 0.29) is 28.6 Å². The molecule has 2 aliphatic carbocycles. The average molecular weight is 282 g/mol. The van der Waals surface area contributed by atoms with E-state index in [0.29, 0.717) is 5.92 Å². The van der Waals surface area contributed by atoms with Crippen LogP contribution in [0.5, 0.6) is 0 Å². The van der Waals surface area contributed by atoms with Crippen molar-refractivity contribution in [3.63, 3.8) is 0 Å². The number of hydrogen-bond donors (Lipinski definition) is 1. The molecule has 0 aromatic carbocycles. The first kappa shape index (κ1) is 13.3. The van der Waals surface area contributed by atoms with Crippen molar-refractivity contribution in [1.82, 2.24) is 10.2 Å². The van der Waals surface area contributed by atoms with E-state index in [4.69, 9.17) is 0 Å². The summed E-state index contributed by atoms with van der Waals surface area (Å²) in [6.45, 7) is 2.59. The van der Waals surface area contributed by atoms with E-state index in [9.17, 15) is 9.59 Å². The van der Waals surface area contributed by atoms with E-state index >= 15 is 0 Å². The number of hydrogen-bond acceptors (Lipinski definition) is 3. The predicted molar refractivity (Wildman–Crippen MR) is 75.9 cm³/mol. The van der Waals surface area contributed by atoms with Gasteiger partial charge in [-0.25, -0.2) is 0 Å². The highest BCUT2D eigenvalue weighted by Gasteiger charge is 2.48. The van der Waals surface area contributed by atoms with Crippen molar-refractivity contribution < 1.29 is 9.59 Å². The van der Waals surface area contributed by atoms with Crippen molar-refractivity contribution in [3.05, 3.63) is 0 Å². The molecule has 1 heterocycles. The van der Waals surface area contributed by atoms with Gasteiger partial charge in [-0.05, 0) is 44.8 Å². The van der Waals surface area contributed by atoms with Crippen LogP contribution in [0.25, 0.3) is 0 Å². The van der Waals surface area contributed by atoms with Crippen LogP contribution < -0.4 is 5.32 Å². The molecule has 2 unspecified atom stereocenters. The lowest BCUT2D eigenvalue weighted by Gasteiger charge is -2.47. The lowest BCUT2D eigenvalue weighted by molar-refractivity contribution is -0.150. The summed E-state index contributed by atoms with van der Waals surface area (Å²) in [5.74, 6) is 0.556. The van der Waals surface area contributed by atoms with Crippen molar-refractivity contribution >= 4 is 23.6 Å². The Morgan fingerprint density at radius 3 is 2.53 bits per heavy atom. The van der Waals surface area contributed by atoms with Gasteiger partial charge in [-0.3, -0.25) is 9.59 Å². The van der Waals surface area contributed by atoms with Gasteiger partial charge in [0.05, 0.1) is 0 Å². The second kappa shape index (κ2) is 4.69. The normalized spacial score (nSPS) is 33.9. The number of nitrogens with one attached hydrogen (secondary N) is 1. The zero-order valence-electron chi connectivity index (χ0n) is 11.6. The zero-order chi connectivity index (χ0) is 13.6. The number of amides is 2. The molecule has 3 rings (SSSR count). The fourth-order valence-electron chi connectivity index (χ4n) is 3.12. The van der Waals surface area contributed by atoms with Gasteiger partial charge >= 0.3 is 0 Å². The summed E-state index contributed by atoms with van der Waals surface area (Å²) in [6, 6.07) is -0.560.